The molecule has 0 bridgehead atoms. The molecule has 1 atom stereocenters. The number of hydrogen-bond donors (Lipinski definition) is 0. The molecule has 0 amide bonds. The second-order valence-corrected chi connectivity index (χ2v) is 17.7. The van der Waals surface area contributed by atoms with Gasteiger partial charge in [0.25, 0.3) is 0 Å². The van der Waals surface area contributed by atoms with Gasteiger partial charge < -0.3 is 14.2 Å². The second-order valence-electron chi connectivity index (χ2n) is 17.7. The van der Waals surface area contributed by atoms with E-state index in [1.807, 2.05) is 0 Å². The average Bonchev–Trinajstić information content (AvgIpc) is 3.30. The highest BCUT2D eigenvalue weighted by Gasteiger charge is 2.17. The summed E-state index contributed by atoms with van der Waals surface area (Å²) >= 11 is 0. The molecule has 0 radical (unpaired) electrons. The molecule has 0 spiro atoms. The molecular formula is C59H102O5. The summed E-state index contributed by atoms with van der Waals surface area (Å²) in [7, 11) is 0. The van der Waals surface area contributed by atoms with Gasteiger partial charge in [0.2, 0.25) is 0 Å². The largest absolute Gasteiger partial charge is 0.462 e. The van der Waals surface area contributed by atoms with Gasteiger partial charge in [-0.3, -0.25) is 9.59 Å². The molecule has 5 nitrogen and oxygen atoms in total. The number of unbranched alkanes of at least 4 members (excludes halogenated alkanes) is 24. The van der Waals surface area contributed by atoms with E-state index in [-0.39, 0.29) is 25.2 Å². The third kappa shape index (κ3) is 51.7. The van der Waals surface area contributed by atoms with Gasteiger partial charge in [-0.25, -0.2) is 0 Å². The van der Waals surface area contributed by atoms with Crippen LogP contribution in [0.1, 0.15) is 252 Å². The molecule has 0 aromatic heterocycles. The van der Waals surface area contributed by atoms with E-state index in [0.717, 1.165) is 96.3 Å². The quantitative estimate of drug-likeness (QED) is 0.0346. The summed E-state index contributed by atoms with van der Waals surface area (Å²) in [6.45, 7) is 7.56. The van der Waals surface area contributed by atoms with Crippen LogP contribution in [0.5, 0.6) is 0 Å². The Balaban J connectivity index is 4.30. The Hall–Kier alpha value is -2.92. The molecule has 0 aromatic carbocycles. The zero-order valence-corrected chi connectivity index (χ0v) is 42.3. The van der Waals surface area contributed by atoms with Crippen molar-refractivity contribution < 1.29 is 23.8 Å². The maximum atomic E-state index is 12.8. The predicted molar refractivity (Wildman–Crippen MR) is 279 cm³/mol. The summed E-state index contributed by atoms with van der Waals surface area (Å²) in [5.41, 5.74) is 0. The molecule has 0 fully saturated rings. The first-order valence-electron chi connectivity index (χ1n) is 27.1. The lowest BCUT2D eigenvalue weighted by Gasteiger charge is -2.18. The van der Waals surface area contributed by atoms with E-state index in [4.69, 9.17) is 14.2 Å². The van der Waals surface area contributed by atoms with E-state index >= 15 is 0 Å². The van der Waals surface area contributed by atoms with Gasteiger partial charge in [0.1, 0.15) is 6.61 Å². The summed E-state index contributed by atoms with van der Waals surface area (Å²) in [5, 5.41) is 0. The first kappa shape index (κ1) is 61.1. The highest BCUT2D eigenvalue weighted by molar-refractivity contribution is 5.70. The van der Waals surface area contributed by atoms with Crippen LogP contribution in [0, 0.1) is 0 Å². The summed E-state index contributed by atoms with van der Waals surface area (Å²) in [5.74, 6) is -0.432. The molecule has 1 unspecified atom stereocenters. The highest BCUT2D eigenvalue weighted by atomic mass is 16.6. The van der Waals surface area contributed by atoms with Crippen LogP contribution >= 0.6 is 0 Å². The molecule has 0 saturated heterocycles. The lowest BCUT2D eigenvalue weighted by molar-refractivity contribution is -0.163. The molecule has 0 heterocycles. The maximum Gasteiger partial charge on any atom is 0.306 e. The van der Waals surface area contributed by atoms with E-state index in [2.05, 4.69) is 106 Å². The first-order chi connectivity index (χ1) is 31.6. The minimum absolute atomic E-state index is 0.0678. The lowest BCUT2D eigenvalue weighted by Crippen LogP contribution is -2.30. The SMILES string of the molecule is CC/C=C\C/C=C\C/C=C\C/C=C\CCCCCCCCCOCC(COC(=O)CCCCCCCCCCCCCCCCC)OC(=O)CCCCC/C=C\C/C=C\C/C=C\CC. The molecule has 5 heteroatoms. The maximum absolute atomic E-state index is 12.8. The standard InChI is InChI=1S/C59H102O5/c1-4-7-10-13-16-19-22-25-27-28-29-30-31-33-36-39-42-45-48-51-54-62-55-57(64-59(61)53-50-47-44-41-38-34-24-21-18-15-12-9-6-3)56-63-58(60)52-49-46-43-40-37-35-32-26-23-20-17-14-11-8-5-2/h7,9-10,12,16,18-19,21,25,27,29-30,34,38,57H,4-6,8,11,13-15,17,20,22-24,26,28,31-33,35-37,39-56H2,1-3H3/b10-7-,12-9-,19-16-,21-18-,27-25-,30-29-,38-34-. The molecule has 368 valence electrons. The smallest absolute Gasteiger partial charge is 0.306 e. The zero-order chi connectivity index (χ0) is 46.3. The minimum atomic E-state index is -0.559. The Labute approximate surface area is 397 Å². The molecular weight excluding hydrogens is 789 g/mol. The molecule has 0 aliphatic heterocycles. The Morgan fingerprint density at radius 1 is 0.359 bits per heavy atom. The van der Waals surface area contributed by atoms with Crippen molar-refractivity contribution in [1.82, 2.24) is 0 Å². The van der Waals surface area contributed by atoms with Crippen molar-refractivity contribution in [3.8, 4) is 0 Å². The monoisotopic (exact) mass is 891 g/mol. The van der Waals surface area contributed by atoms with Crippen molar-refractivity contribution >= 4 is 11.9 Å². The molecule has 0 aromatic rings. The van der Waals surface area contributed by atoms with Gasteiger partial charge >= 0.3 is 11.9 Å². The molecule has 64 heavy (non-hydrogen) atoms. The minimum Gasteiger partial charge on any atom is -0.462 e. The van der Waals surface area contributed by atoms with Crippen molar-refractivity contribution in [3.63, 3.8) is 0 Å². The van der Waals surface area contributed by atoms with Crippen LogP contribution < -0.4 is 0 Å². The van der Waals surface area contributed by atoms with Crippen molar-refractivity contribution in [3.05, 3.63) is 85.1 Å². The number of carbonyl (C=O) groups excluding carboxylic acids is 2. The fraction of sp³-hybridized carbons (Fsp3) is 0.729. The summed E-state index contributed by atoms with van der Waals surface area (Å²) in [6, 6.07) is 0. The number of hydrogen-bond acceptors (Lipinski definition) is 5. The highest BCUT2D eigenvalue weighted by Crippen LogP contribution is 2.15. The van der Waals surface area contributed by atoms with Crippen LogP contribution in [-0.4, -0.2) is 37.9 Å². The number of carbonyl (C=O) groups is 2. The molecule has 0 saturated carbocycles. The van der Waals surface area contributed by atoms with E-state index in [9.17, 15) is 9.59 Å². The first-order valence-corrected chi connectivity index (χ1v) is 27.1. The molecule has 0 aliphatic carbocycles. The number of allylic oxidation sites excluding steroid dienone is 14. The van der Waals surface area contributed by atoms with Crippen LogP contribution in [0.2, 0.25) is 0 Å². The molecule has 0 N–H and O–H groups in total. The van der Waals surface area contributed by atoms with Gasteiger partial charge in [-0.15, -0.1) is 0 Å². The van der Waals surface area contributed by atoms with Crippen LogP contribution in [0.15, 0.2) is 85.1 Å². The van der Waals surface area contributed by atoms with Crippen molar-refractivity contribution in [1.29, 1.82) is 0 Å². The van der Waals surface area contributed by atoms with Gasteiger partial charge in [0, 0.05) is 19.4 Å². The van der Waals surface area contributed by atoms with Gasteiger partial charge in [0.05, 0.1) is 6.61 Å². The zero-order valence-electron chi connectivity index (χ0n) is 42.3. The number of esters is 2. The normalized spacial score (nSPS) is 12.9. The van der Waals surface area contributed by atoms with E-state index in [0.29, 0.717) is 19.4 Å². The van der Waals surface area contributed by atoms with Gasteiger partial charge in [-0.05, 0) is 89.9 Å². The van der Waals surface area contributed by atoms with E-state index in [1.165, 1.54) is 122 Å². The van der Waals surface area contributed by atoms with Crippen molar-refractivity contribution in [2.75, 3.05) is 19.8 Å². The van der Waals surface area contributed by atoms with Crippen molar-refractivity contribution in [2.24, 2.45) is 0 Å². The second kappa shape index (κ2) is 54.4. The fourth-order valence-corrected chi connectivity index (χ4v) is 7.46. The van der Waals surface area contributed by atoms with Gasteiger partial charge in [0.15, 0.2) is 6.10 Å². The van der Waals surface area contributed by atoms with E-state index in [1.54, 1.807) is 0 Å². The Kier molecular flexibility index (Phi) is 51.9. The predicted octanol–water partition coefficient (Wildman–Crippen LogP) is 18.5. The number of ether oxygens (including phenoxy) is 3. The lowest BCUT2D eigenvalue weighted by atomic mass is 10.0. The molecule has 0 aliphatic rings. The average molecular weight is 891 g/mol. The van der Waals surface area contributed by atoms with Gasteiger partial charge in [-0.1, -0.05) is 234 Å². The Morgan fingerprint density at radius 2 is 0.703 bits per heavy atom. The summed E-state index contributed by atoms with van der Waals surface area (Å²) < 4.78 is 17.4. The summed E-state index contributed by atoms with van der Waals surface area (Å²) in [6.07, 6.45) is 71.7. The van der Waals surface area contributed by atoms with Crippen LogP contribution in [0.25, 0.3) is 0 Å². The third-order valence-corrected chi connectivity index (χ3v) is 11.4. The van der Waals surface area contributed by atoms with Crippen molar-refractivity contribution in [2.45, 2.75) is 258 Å². The topological polar surface area (TPSA) is 61.8 Å². The summed E-state index contributed by atoms with van der Waals surface area (Å²) in [4.78, 5) is 25.4. The third-order valence-electron chi connectivity index (χ3n) is 11.4. The van der Waals surface area contributed by atoms with Crippen LogP contribution in [-0.2, 0) is 23.8 Å². The molecule has 0 rings (SSSR count). The van der Waals surface area contributed by atoms with E-state index < -0.39 is 6.10 Å². The Bertz CT molecular complexity index is 1190. The fourth-order valence-electron chi connectivity index (χ4n) is 7.46. The van der Waals surface area contributed by atoms with Crippen LogP contribution in [0.3, 0.4) is 0 Å². The van der Waals surface area contributed by atoms with Crippen LogP contribution in [0.4, 0.5) is 0 Å². The van der Waals surface area contributed by atoms with Gasteiger partial charge in [-0.2, -0.15) is 0 Å². The Morgan fingerprint density at radius 3 is 1.14 bits per heavy atom. The number of rotatable bonds is 49.